The van der Waals surface area contributed by atoms with Crippen LogP contribution in [0.25, 0.3) is 0 Å². The van der Waals surface area contributed by atoms with E-state index in [1.54, 1.807) is 4.90 Å². The average molecular weight is 350 g/mol. The Morgan fingerprint density at radius 1 is 1.08 bits per heavy atom. The zero-order valence-electron chi connectivity index (χ0n) is 15.9. The summed E-state index contributed by atoms with van der Waals surface area (Å²) in [5.41, 5.74) is 3.95. The van der Waals surface area contributed by atoms with Gasteiger partial charge in [0.1, 0.15) is 5.41 Å². The Kier molecular flexibility index (Phi) is 4.86. The van der Waals surface area contributed by atoms with Gasteiger partial charge >= 0.3 is 0 Å². The van der Waals surface area contributed by atoms with Gasteiger partial charge in [-0.15, -0.1) is 0 Å². The number of rotatable bonds is 5. The molecule has 1 fully saturated rings. The molecule has 0 bridgehead atoms. The lowest BCUT2D eigenvalue weighted by Crippen LogP contribution is -2.43. The van der Waals surface area contributed by atoms with Gasteiger partial charge in [-0.05, 0) is 75.4 Å². The van der Waals surface area contributed by atoms with Crippen molar-refractivity contribution in [2.75, 3.05) is 16.8 Å². The first-order chi connectivity index (χ1) is 12.4. The van der Waals surface area contributed by atoms with E-state index in [9.17, 15) is 9.59 Å². The number of benzene rings is 2. The van der Waals surface area contributed by atoms with Crippen molar-refractivity contribution >= 4 is 23.2 Å². The Labute approximate surface area is 155 Å². The number of hydrogen-bond donors (Lipinski definition) is 1. The van der Waals surface area contributed by atoms with Crippen molar-refractivity contribution in [3.63, 3.8) is 0 Å². The fourth-order valence-corrected chi connectivity index (χ4v) is 3.29. The van der Waals surface area contributed by atoms with Gasteiger partial charge in [-0.1, -0.05) is 24.3 Å². The summed E-state index contributed by atoms with van der Waals surface area (Å²) in [6.07, 6.45) is 1.20. The summed E-state index contributed by atoms with van der Waals surface area (Å²) < 4.78 is 0. The quantitative estimate of drug-likeness (QED) is 0.813. The predicted molar refractivity (Wildman–Crippen MR) is 105 cm³/mol. The molecular weight excluding hydrogens is 324 g/mol. The first-order valence-corrected chi connectivity index (χ1v) is 9.15. The third-order valence-electron chi connectivity index (χ3n) is 5.32. The number of carbonyl (C=O) groups is 2. The van der Waals surface area contributed by atoms with Crippen molar-refractivity contribution in [3.05, 3.63) is 59.2 Å². The predicted octanol–water partition coefficient (Wildman–Crippen LogP) is 4.38. The second-order valence-corrected chi connectivity index (χ2v) is 7.17. The Morgan fingerprint density at radius 3 is 2.38 bits per heavy atom. The molecule has 1 N–H and O–H groups in total. The highest BCUT2D eigenvalue weighted by molar-refractivity contribution is 6.17. The number of nitrogens with one attached hydrogen (secondary N) is 1. The van der Waals surface area contributed by atoms with Gasteiger partial charge in [-0.25, -0.2) is 0 Å². The monoisotopic (exact) mass is 350 g/mol. The number of carbonyl (C=O) groups excluding carboxylic acids is 2. The molecule has 2 amide bonds. The highest BCUT2D eigenvalue weighted by Gasteiger charge is 2.58. The fourth-order valence-electron chi connectivity index (χ4n) is 3.29. The molecule has 0 aromatic heterocycles. The Balaban J connectivity index is 1.83. The smallest absolute Gasteiger partial charge is 0.242 e. The molecule has 0 spiro atoms. The number of nitrogens with zero attached hydrogens (tertiary/aromatic N) is 1. The minimum atomic E-state index is -0.935. The van der Waals surface area contributed by atoms with Gasteiger partial charge in [0.05, 0.1) is 0 Å². The summed E-state index contributed by atoms with van der Waals surface area (Å²) in [5.74, 6) is -0.296. The summed E-state index contributed by atoms with van der Waals surface area (Å²) in [6.45, 7) is 8.48. The maximum absolute atomic E-state index is 13.2. The largest absolute Gasteiger partial charge is 0.325 e. The summed E-state index contributed by atoms with van der Waals surface area (Å²) in [5, 5.41) is 2.99. The van der Waals surface area contributed by atoms with Crippen LogP contribution in [0.3, 0.4) is 0 Å². The normalized spacial score (nSPS) is 14.6. The molecule has 0 heterocycles. The molecule has 0 unspecified atom stereocenters. The molecule has 1 saturated carbocycles. The zero-order valence-corrected chi connectivity index (χ0v) is 15.9. The number of aryl methyl sites for hydroxylation is 2. The van der Waals surface area contributed by atoms with Gasteiger partial charge in [0.15, 0.2) is 0 Å². The zero-order chi connectivity index (χ0) is 18.9. The Hall–Kier alpha value is -2.62. The topological polar surface area (TPSA) is 49.4 Å². The van der Waals surface area contributed by atoms with Crippen molar-refractivity contribution in [3.8, 4) is 0 Å². The van der Waals surface area contributed by atoms with Crippen LogP contribution in [0.2, 0.25) is 0 Å². The van der Waals surface area contributed by atoms with E-state index < -0.39 is 5.41 Å². The molecule has 26 heavy (non-hydrogen) atoms. The molecule has 0 atom stereocenters. The summed E-state index contributed by atoms with van der Waals surface area (Å²) in [7, 11) is 0. The van der Waals surface area contributed by atoms with Crippen LogP contribution in [0.5, 0.6) is 0 Å². The van der Waals surface area contributed by atoms with E-state index >= 15 is 0 Å². The molecule has 1 aliphatic rings. The molecule has 0 saturated heterocycles. The van der Waals surface area contributed by atoms with Crippen molar-refractivity contribution < 1.29 is 9.59 Å². The highest BCUT2D eigenvalue weighted by atomic mass is 16.2. The standard InChI is InChI=1S/C22H26N2O2/c1-5-24(18-10-6-8-15(2)14-18)21(26)22(12-13-22)20(25)23-19-11-7-9-16(3)17(19)4/h6-11,14H,5,12-13H2,1-4H3,(H,23,25). The summed E-state index contributed by atoms with van der Waals surface area (Å²) in [6, 6.07) is 13.7. The van der Waals surface area contributed by atoms with Crippen LogP contribution in [0.15, 0.2) is 42.5 Å². The van der Waals surface area contributed by atoms with E-state index in [4.69, 9.17) is 0 Å². The number of amides is 2. The molecule has 2 aromatic carbocycles. The maximum Gasteiger partial charge on any atom is 0.242 e. The summed E-state index contributed by atoms with van der Waals surface area (Å²) >= 11 is 0. The van der Waals surface area contributed by atoms with E-state index in [1.807, 2.05) is 70.2 Å². The van der Waals surface area contributed by atoms with Gasteiger partial charge in [0.25, 0.3) is 0 Å². The second kappa shape index (κ2) is 6.94. The van der Waals surface area contributed by atoms with Gasteiger partial charge in [-0.3, -0.25) is 9.59 Å². The Bertz CT molecular complexity index is 853. The van der Waals surface area contributed by atoms with Crippen LogP contribution in [-0.2, 0) is 9.59 Å². The number of hydrogen-bond acceptors (Lipinski definition) is 2. The first kappa shape index (κ1) is 18.2. The Morgan fingerprint density at radius 2 is 1.77 bits per heavy atom. The van der Waals surface area contributed by atoms with E-state index in [0.29, 0.717) is 19.4 Å². The van der Waals surface area contributed by atoms with Crippen molar-refractivity contribution in [1.29, 1.82) is 0 Å². The van der Waals surface area contributed by atoms with E-state index in [-0.39, 0.29) is 11.8 Å². The van der Waals surface area contributed by atoms with Crippen LogP contribution in [0.4, 0.5) is 11.4 Å². The molecule has 0 aliphatic heterocycles. The van der Waals surface area contributed by atoms with Crippen molar-refractivity contribution in [2.24, 2.45) is 5.41 Å². The molecule has 3 rings (SSSR count). The third kappa shape index (κ3) is 3.24. The summed E-state index contributed by atoms with van der Waals surface area (Å²) in [4.78, 5) is 27.9. The van der Waals surface area contributed by atoms with Crippen LogP contribution in [0, 0.1) is 26.2 Å². The lowest BCUT2D eigenvalue weighted by molar-refractivity contribution is -0.132. The molecule has 136 valence electrons. The molecule has 0 radical (unpaired) electrons. The fraction of sp³-hybridized carbons (Fsp3) is 0.364. The van der Waals surface area contributed by atoms with Gasteiger partial charge in [-0.2, -0.15) is 0 Å². The van der Waals surface area contributed by atoms with Gasteiger partial charge in [0.2, 0.25) is 11.8 Å². The highest BCUT2D eigenvalue weighted by Crippen LogP contribution is 2.49. The lowest BCUT2D eigenvalue weighted by atomic mass is 10.0. The number of anilines is 2. The van der Waals surface area contributed by atoms with E-state index in [2.05, 4.69) is 5.32 Å². The van der Waals surface area contributed by atoms with Crippen LogP contribution in [-0.4, -0.2) is 18.4 Å². The minimum absolute atomic E-state index is 0.103. The SMILES string of the molecule is CCN(C(=O)C1(C(=O)Nc2cccc(C)c2C)CC1)c1cccc(C)c1. The van der Waals surface area contributed by atoms with Crippen LogP contribution < -0.4 is 10.2 Å². The van der Waals surface area contributed by atoms with Gasteiger partial charge < -0.3 is 10.2 Å². The maximum atomic E-state index is 13.2. The molecule has 1 aliphatic carbocycles. The van der Waals surface area contributed by atoms with Crippen molar-refractivity contribution in [2.45, 2.75) is 40.5 Å². The molecular formula is C22H26N2O2. The van der Waals surface area contributed by atoms with E-state index in [1.165, 1.54) is 0 Å². The average Bonchev–Trinajstić information content (AvgIpc) is 3.41. The third-order valence-corrected chi connectivity index (χ3v) is 5.32. The molecule has 2 aromatic rings. The molecule has 4 nitrogen and oxygen atoms in total. The first-order valence-electron chi connectivity index (χ1n) is 9.15. The van der Waals surface area contributed by atoms with E-state index in [0.717, 1.165) is 28.1 Å². The molecule has 4 heteroatoms. The van der Waals surface area contributed by atoms with Crippen LogP contribution >= 0.6 is 0 Å². The lowest BCUT2D eigenvalue weighted by Gasteiger charge is -2.26. The van der Waals surface area contributed by atoms with Gasteiger partial charge in [0, 0.05) is 17.9 Å². The van der Waals surface area contributed by atoms with Crippen LogP contribution in [0.1, 0.15) is 36.5 Å². The minimum Gasteiger partial charge on any atom is -0.325 e. The second-order valence-electron chi connectivity index (χ2n) is 7.17. The van der Waals surface area contributed by atoms with Crippen molar-refractivity contribution in [1.82, 2.24) is 0 Å².